The maximum Gasteiger partial charge on any atom is 0.0943 e. The third kappa shape index (κ3) is 4.85. The predicted octanol–water partition coefficient (Wildman–Crippen LogP) is 2.21. The highest BCUT2D eigenvalue weighted by molar-refractivity contribution is 4.89. The molecule has 0 aliphatic carbocycles. The SMILES string of the molecule is C=C(OC(C)C)C(C)COC. The summed E-state index contributed by atoms with van der Waals surface area (Å²) in [4.78, 5) is 0. The first-order valence-corrected chi connectivity index (χ1v) is 3.92. The molecular weight excluding hydrogens is 140 g/mol. The highest BCUT2D eigenvalue weighted by Gasteiger charge is 2.08. The molecule has 0 bridgehead atoms. The third-order valence-corrected chi connectivity index (χ3v) is 1.35. The van der Waals surface area contributed by atoms with Crippen LogP contribution >= 0.6 is 0 Å². The first kappa shape index (κ1) is 10.5. The third-order valence-electron chi connectivity index (χ3n) is 1.35. The summed E-state index contributed by atoms with van der Waals surface area (Å²) >= 11 is 0. The van der Waals surface area contributed by atoms with Gasteiger partial charge in [0.05, 0.1) is 18.5 Å². The summed E-state index contributed by atoms with van der Waals surface area (Å²) in [5, 5.41) is 0. The predicted molar refractivity (Wildman–Crippen MR) is 46.4 cm³/mol. The molecule has 0 saturated carbocycles. The van der Waals surface area contributed by atoms with Gasteiger partial charge >= 0.3 is 0 Å². The van der Waals surface area contributed by atoms with E-state index in [1.165, 1.54) is 0 Å². The summed E-state index contributed by atoms with van der Waals surface area (Å²) < 4.78 is 10.4. The topological polar surface area (TPSA) is 18.5 Å². The van der Waals surface area contributed by atoms with Crippen molar-refractivity contribution in [3.05, 3.63) is 12.3 Å². The summed E-state index contributed by atoms with van der Waals surface area (Å²) in [6.45, 7) is 10.5. The minimum atomic E-state index is 0.210. The van der Waals surface area contributed by atoms with E-state index in [9.17, 15) is 0 Å². The van der Waals surface area contributed by atoms with E-state index in [0.717, 1.165) is 5.76 Å². The fourth-order valence-corrected chi connectivity index (χ4v) is 0.762. The first-order chi connectivity index (χ1) is 5.07. The summed E-state index contributed by atoms with van der Waals surface area (Å²) in [5.74, 6) is 1.09. The molecule has 66 valence electrons. The van der Waals surface area contributed by atoms with Gasteiger partial charge < -0.3 is 9.47 Å². The average Bonchev–Trinajstić information content (AvgIpc) is 1.86. The molecule has 0 radical (unpaired) electrons. The molecule has 0 amide bonds. The van der Waals surface area contributed by atoms with Crippen molar-refractivity contribution in [2.75, 3.05) is 13.7 Å². The van der Waals surface area contributed by atoms with Gasteiger partial charge in [0.15, 0.2) is 0 Å². The molecule has 0 heterocycles. The molecule has 0 aromatic heterocycles. The van der Waals surface area contributed by atoms with Crippen molar-refractivity contribution in [1.82, 2.24) is 0 Å². The van der Waals surface area contributed by atoms with Crippen LogP contribution in [-0.4, -0.2) is 19.8 Å². The number of hydrogen-bond acceptors (Lipinski definition) is 2. The molecule has 1 atom stereocenters. The Kier molecular flexibility index (Phi) is 4.95. The van der Waals surface area contributed by atoms with Crippen LogP contribution in [0.4, 0.5) is 0 Å². The Bertz CT molecular complexity index is 119. The van der Waals surface area contributed by atoms with Gasteiger partial charge in [0, 0.05) is 13.0 Å². The second-order valence-corrected chi connectivity index (χ2v) is 2.99. The van der Waals surface area contributed by atoms with Gasteiger partial charge in [-0.05, 0) is 13.8 Å². The van der Waals surface area contributed by atoms with Gasteiger partial charge in [-0.3, -0.25) is 0 Å². The van der Waals surface area contributed by atoms with Gasteiger partial charge in [0.25, 0.3) is 0 Å². The monoisotopic (exact) mass is 158 g/mol. The molecule has 0 spiro atoms. The van der Waals surface area contributed by atoms with Crippen molar-refractivity contribution in [3.8, 4) is 0 Å². The Morgan fingerprint density at radius 3 is 2.27 bits per heavy atom. The van der Waals surface area contributed by atoms with E-state index in [2.05, 4.69) is 6.58 Å². The lowest BCUT2D eigenvalue weighted by Gasteiger charge is -2.17. The van der Waals surface area contributed by atoms with Crippen LogP contribution in [0.2, 0.25) is 0 Å². The van der Waals surface area contributed by atoms with E-state index < -0.39 is 0 Å². The summed E-state index contributed by atoms with van der Waals surface area (Å²) in [7, 11) is 1.68. The molecule has 0 aliphatic rings. The van der Waals surface area contributed by atoms with E-state index in [1.54, 1.807) is 7.11 Å². The molecule has 1 unspecified atom stereocenters. The normalized spacial score (nSPS) is 13.2. The quantitative estimate of drug-likeness (QED) is 0.571. The lowest BCUT2D eigenvalue weighted by molar-refractivity contribution is 0.0906. The van der Waals surface area contributed by atoms with Crippen LogP contribution < -0.4 is 0 Å². The maximum absolute atomic E-state index is 5.39. The molecule has 11 heavy (non-hydrogen) atoms. The Morgan fingerprint density at radius 1 is 1.36 bits per heavy atom. The number of rotatable bonds is 5. The van der Waals surface area contributed by atoms with Gasteiger partial charge in [-0.1, -0.05) is 13.5 Å². The summed E-state index contributed by atoms with van der Waals surface area (Å²) in [6, 6.07) is 0. The van der Waals surface area contributed by atoms with Crippen LogP contribution in [-0.2, 0) is 9.47 Å². The fourth-order valence-electron chi connectivity index (χ4n) is 0.762. The smallest absolute Gasteiger partial charge is 0.0943 e. The van der Waals surface area contributed by atoms with Gasteiger partial charge in [-0.2, -0.15) is 0 Å². The van der Waals surface area contributed by atoms with Gasteiger partial charge in [-0.15, -0.1) is 0 Å². The van der Waals surface area contributed by atoms with Gasteiger partial charge in [-0.25, -0.2) is 0 Å². The second kappa shape index (κ2) is 5.19. The van der Waals surface area contributed by atoms with E-state index in [-0.39, 0.29) is 12.0 Å². The van der Waals surface area contributed by atoms with Crippen LogP contribution in [0.25, 0.3) is 0 Å². The van der Waals surface area contributed by atoms with E-state index in [4.69, 9.17) is 9.47 Å². The van der Waals surface area contributed by atoms with Crippen molar-refractivity contribution in [1.29, 1.82) is 0 Å². The summed E-state index contributed by atoms with van der Waals surface area (Å²) in [6.07, 6.45) is 0.210. The van der Waals surface area contributed by atoms with E-state index in [0.29, 0.717) is 6.61 Å². The molecule has 0 aromatic carbocycles. The molecule has 0 saturated heterocycles. The maximum atomic E-state index is 5.39. The van der Waals surface area contributed by atoms with E-state index in [1.807, 2.05) is 20.8 Å². The van der Waals surface area contributed by atoms with Crippen molar-refractivity contribution < 1.29 is 9.47 Å². The minimum Gasteiger partial charge on any atom is -0.496 e. The molecule has 0 aliphatic heterocycles. The number of methoxy groups -OCH3 is 1. The van der Waals surface area contributed by atoms with Gasteiger partial charge in [0.1, 0.15) is 0 Å². The van der Waals surface area contributed by atoms with Gasteiger partial charge in [0.2, 0.25) is 0 Å². The Hall–Kier alpha value is -0.500. The van der Waals surface area contributed by atoms with Crippen LogP contribution in [0.5, 0.6) is 0 Å². The largest absolute Gasteiger partial charge is 0.496 e. The second-order valence-electron chi connectivity index (χ2n) is 2.99. The number of hydrogen-bond donors (Lipinski definition) is 0. The first-order valence-electron chi connectivity index (χ1n) is 3.92. The van der Waals surface area contributed by atoms with Crippen LogP contribution in [0.3, 0.4) is 0 Å². The molecule has 0 fully saturated rings. The zero-order chi connectivity index (χ0) is 8.85. The Balaban J connectivity index is 3.64. The lowest BCUT2D eigenvalue weighted by Crippen LogP contribution is -2.12. The molecule has 2 nitrogen and oxygen atoms in total. The molecule has 0 rings (SSSR count). The van der Waals surface area contributed by atoms with Crippen molar-refractivity contribution in [2.24, 2.45) is 5.92 Å². The van der Waals surface area contributed by atoms with Crippen molar-refractivity contribution in [2.45, 2.75) is 26.9 Å². The van der Waals surface area contributed by atoms with E-state index >= 15 is 0 Å². The highest BCUT2D eigenvalue weighted by Crippen LogP contribution is 2.11. The summed E-state index contributed by atoms with van der Waals surface area (Å²) in [5.41, 5.74) is 0. The zero-order valence-electron chi connectivity index (χ0n) is 7.89. The fraction of sp³-hybridized carbons (Fsp3) is 0.778. The van der Waals surface area contributed by atoms with Crippen LogP contribution in [0.15, 0.2) is 12.3 Å². The Labute approximate surface area is 69.2 Å². The minimum absolute atomic E-state index is 0.210. The molecule has 0 aromatic rings. The average molecular weight is 158 g/mol. The van der Waals surface area contributed by atoms with Crippen LogP contribution in [0.1, 0.15) is 20.8 Å². The lowest BCUT2D eigenvalue weighted by atomic mass is 10.2. The van der Waals surface area contributed by atoms with Crippen LogP contribution in [0, 0.1) is 5.92 Å². The van der Waals surface area contributed by atoms with Crippen molar-refractivity contribution in [3.63, 3.8) is 0 Å². The molecule has 0 N–H and O–H groups in total. The van der Waals surface area contributed by atoms with Crippen molar-refractivity contribution >= 4 is 0 Å². The zero-order valence-corrected chi connectivity index (χ0v) is 7.89. The molecule has 2 heteroatoms. The standard InChI is InChI=1S/C9H18O2/c1-7(2)11-9(4)8(3)6-10-5/h7-8H,4,6H2,1-3,5H3. The highest BCUT2D eigenvalue weighted by atomic mass is 16.5. The number of ether oxygens (including phenoxy) is 2. The Morgan fingerprint density at radius 2 is 1.91 bits per heavy atom. The molecular formula is C9H18O2.